The fraction of sp³-hybridized carbons (Fsp3) is 0.500. The number of amides is 1. The van der Waals surface area contributed by atoms with Gasteiger partial charge in [0.25, 0.3) is 0 Å². The number of hydrogen-bond donors (Lipinski definition) is 1. The van der Waals surface area contributed by atoms with Crippen molar-refractivity contribution in [2.24, 2.45) is 5.10 Å². The van der Waals surface area contributed by atoms with E-state index in [1.165, 1.54) is 13.1 Å². The molecule has 0 aromatic rings. The number of nitrogens with zero attached hydrogens (tertiary/aromatic N) is 1. The second kappa shape index (κ2) is 3.33. The van der Waals surface area contributed by atoms with Gasteiger partial charge < -0.3 is 0 Å². The minimum Gasteiger partial charge on any atom is -0.274 e. The van der Waals surface area contributed by atoms with Crippen LogP contribution in [-0.4, -0.2) is 12.1 Å². The lowest BCUT2D eigenvalue weighted by atomic mass is 10.8. The molecule has 3 nitrogen and oxygen atoms in total. The summed E-state index contributed by atoms with van der Waals surface area (Å²) in [6.45, 7) is 3.14. The van der Waals surface area contributed by atoms with Gasteiger partial charge in [-0.25, -0.2) is 5.43 Å². The van der Waals surface area contributed by atoms with Gasteiger partial charge in [-0.2, -0.15) is 5.10 Å². The summed E-state index contributed by atoms with van der Waals surface area (Å²) in [4.78, 5) is 9.98. The lowest BCUT2D eigenvalue weighted by molar-refractivity contribution is -0.118. The van der Waals surface area contributed by atoms with Crippen LogP contribution in [0.3, 0.4) is 0 Å². The van der Waals surface area contributed by atoms with Crippen molar-refractivity contribution in [3.05, 3.63) is 0 Å². The first kappa shape index (κ1) is 6.14. The Balaban J connectivity index is 3.14. The van der Waals surface area contributed by atoms with Crippen LogP contribution in [0.2, 0.25) is 0 Å². The van der Waals surface area contributed by atoms with Crippen LogP contribution < -0.4 is 5.43 Å². The Morgan fingerprint density at radius 3 is 2.57 bits per heavy atom. The van der Waals surface area contributed by atoms with Crippen molar-refractivity contribution in [3.63, 3.8) is 0 Å². The monoisotopic (exact) mass is 100 g/mol. The Labute approximate surface area is 42.4 Å². The first-order valence-electron chi connectivity index (χ1n) is 2.01. The molecule has 0 aliphatic heterocycles. The van der Waals surface area contributed by atoms with Crippen LogP contribution in [0.5, 0.6) is 0 Å². The summed E-state index contributed by atoms with van der Waals surface area (Å²) in [5.74, 6) is -0.141. The van der Waals surface area contributed by atoms with Crippen LogP contribution in [0, 0.1) is 0 Å². The third kappa shape index (κ3) is 5.14. The van der Waals surface area contributed by atoms with E-state index < -0.39 is 0 Å². The van der Waals surface area contributed by atoms with Crippen molar-refractivity contribution in [2.75, 3.05) is 0 Å². The largest absolute Gasteiger partial charge is 0.274 e. The van der Waals surface area contributed by atoms with Crippen molar-refractivity contribution in [1.82, 2.24) is 5.43 Å². The summed E-state index contributed by atoms with van der Waals surface area (Å²) in [5, 5.41) is 3.45. The predicted molar refractivity (Wildman–Crippen MR) is 28.0 cm³/mol. The molecule has 0 heterocycles. The van der Waals surface area contributed by atoms with Gasteiger partial charge in [0.15, 0.2) is 0 Å². The van der Waals surface area contributed by atoms with Gasteiger partial charge in [0.2, 0.25) is 5.91 Å². The smallest absolute Gasteiger partial charge is 0.236 e. The molecule has 1 amide bonds. The number of hydrazone groups is 1. The normalized spacial score (nSPS) is 9.43. The summed E-state index contributed by atoms with van der Waals surface area (Å²) in [5.41, 5.74) is 2.23. The summed E-state index contributed by atoms with van der Waals surface area (Å²) >= 11 is 0. The van der Waals surface area contributed by atoms with E-state index in [4.69, 9.17) is 0 Å². The van der Waals surface area contributed by atoms with Gasteiger partial charge in [-0.15, -0.1) is 0 Å². The molecule has 0 atom stereocenters. The van der Waals surface area contributed by atoms with E-state index in [9.17, 15) is 4.79 Å². The average molecular weight is 100 g/mol. The lowest BCUT2D eigenvalue weighted by Gasteiger charge is -1.84. The highest BCUT2D eigenvalue weighted by Gasteiger charge is 1.78. The van der Waals surface area contributed by atoms with Crippen LogP contribution in [-0.2, 0) is 4.79 Å². The van der Waals surface area contributed by atoms with Crippen LogP contribution in [0.4, 0.5) is 0 Å². The van der Waals surface area contributed by atoms with Gasteiger partial charge in [-0.1, -0.05) is 0 Å². The maximum absolute atomic E-state index is 9.98. The summed E-state index contributed by atoms with van der Waals surface area (Å²) in [6.07, 6.45) is 1.52. The molecule has 0 saturated carbocycles. The molecule has 0 aliphatic rings. The molecule has 0 unspecified atom stereocenters. The SMILES string of the molecule is C/C=N\NC(C)=O. The second-order valence-corrected chi connectivity index (χ2v) is 1.06. The van der Waals surface area contributed by atoms with E-state index >= 15 is 0 Å². The number of carbonyl (C=O) groups excluding carboxylic acids is 1. The van der Waals surface area contributed by atoms with Crippen molar-refractivity contribution in [1.29, 1.82) is 0 Å². The molecule has 0 rings (SSSR count). The van der Waals surface area contributed by atoms with Crippen LogP contribution in [0.25, 0.3) is 0 Å². The molecule has 0 saturated heterocycles. The Morgan fingerprint density at radius 1 is 1.86 bits per heavy atom. The maximum Gasteiger partial charge on any atom is 0.236 e. The Kier molecular flexibility index (Phi) is 2.92. The molecule has 0 bridgehead atoms. The zero-order valence-electron chi connectivity index (χ0n) is 4.43. The molecular weight excluding hydrogens is 92.1 g/mol. The molecule has 3 heteroatoms. The van der Waals surface area contributed by atoms with Crippen LogP contribution in [0.1, 0.15) is 13.8 Å². The molecule has 0 aromatic heterocycles. The Morgan fingerprint density at radius 2 is 2.43 bits per heavy atom. The number of nitrogens with one attached hydrogen (secondary N) is 1. The van der Waals surface area contributed by atoms with Crippen molar-refractivity contribution in [2.45, 2.75) is 13.8 Å². The Bertz CT molecular complexity index is 87.7. The second-order valence-electron chi connectivity index (χ2n) is 1.06. The molecule has 0 aromatic carbocycles. The summed E-state index contributed by atoms with van der Waals surface area (Å²) < 4.78 is 0. The molecule has 0 aliphatic carbocycles. The van der Waals surface area contributed by atoms with Gasteiger partial charge in [0.1, 0.15) is 0 Å². The number of rotatable bonds is 1. The highest BCUT2D eigenvalue weighted by Crippen LogP contribution is 1.56. The van der Waals surface area contributed by atoms with E-state index in [0.717, 1.165) is 0 Å². The third-order valence-electron chi connectivity index (χ3n) is 0.351. The van der Waals surface area contributed by atoms with Crippen LogP contribution >= 0.6 is 0 Å². The van der Waals surface area contributed by atoms with Crippen molar-refractivity contribution in [3.8, 4) is 0 Å². The fourth-order valence-electron chi connectivity index (χ4n) is 0.155. The zero-order valence-corrected chi connectivity index (χ0v) is 4.43. The van der Waals surface area contributed by atoms with E-state index in [-0.39, 0.29) is 5.91 Å². The molecular formula is C4H8N2O. The van der Waals surface area contributed by atoms with Gasteiger partial charge >= 0.3 is 0 Å². The third-order valence-corrected chi connectivity index (χ3v) is 0.351. The average Bonchev–Trinajstić information content (AvgIpc) is 1.61. The van der Waals surface area contributed by atoms with Gasteiger partial charge in [0, 0.05) is 13.1 Å². The molecule has 0 fully saturated rings. The minimum atomic E-state index is -0.141. The van der Waals surface area contributed by atoms with Gasteiger partial charge in [-0.3, -0.25) is 4.79 Å². The molecule has 40 valence electrons. The quantitative estimate of drug-likeness (QED) is 0.369. The molecule has 0 radical (unpaired) electrons. The van der Waals surface area contributed by atoms with Crippen molar-refractivity contribution >= 4 is 12.1 Å². The zero-order chi connectivity index (χ0) is 5.70. The standard InChI is InChI=1S/C4H8N2O/c1-3-5-6-4(2)7/h3H,1-2H3,(H,6,7)/b5-3-. The van der Waals surface area contributed by atoms with E-state index in [1.54, 1.807) is 6.92 Å². The first-order valence-corrected chi connectivity index (χ1v) is 2.01. The first-order chi connectivity index (χ1) is 3.27. The van der Waals surface area contributed by atoms with Crippen LogP contribution in [0.15, 0.2) is 5.10 Å². The topological polar surface area (TPSA) is 41.5 Å². The number of hydrogen-bond acceptors (Lipinski definition) is 2. The molecule has 0 spiro atoms. The lowest BCUT2D eigenvalue weighted by Crippen LogP contribution is -2.11. The highest BCUT2D eigenvalue weighted by molar-refractivity contribution is 5.73. The van der Waals surface area contributed by atoms with E-state index in [0.29, 0.717) is 0 Å². The van der Waals surface area contributed by atoms with E-state index in [2.05, 4.69) is 10.5 Å². The minimum absolute atomic E-state index is 0.141. The Hall–Kier alpha value is -0.860. The predicted octanol–water partition coefficient (Wildman–Crippen LogP) is 0.128. The highest BCUT2D eigenvalue weighted by atomic mass is 16.2. The fourth-order valence-corrected chi connectivity index (χ4v) is 0.155. The van der Waals surface area contributed by atoms with Crippen molar-refractivity contribution < 1.29 is 4.79 Å². The van der Waals surface area contributed by atoms with E-state index in [1.807, 2.05) is 0 Å². The van der Waals surface area contributed by atoms with Gasteiger partial charge in [-0.05, 0) is 6.92 Å². The molecule has 1 N–H and O–H groups in total. The maximum atomic E-state index is 9.98. The molecule has 7 heavy (non-hydrogen) atoms. The van der Waals surface area contributed by atoms with Gasteiger partial charge in [0.05, 0.1) is 0 Å². The summed E-state index contributed by atoms with van der Waals surface area (Å²) in [7, 11) is 0. The summed E-state index contributed by atoms with van der Waals surface area (Å²) in [6, 6.07) is 0. The number of carbonyl (C=O) groups is 1.